The maximum Gasteiger partial charge on any atom is 0.264 e. The molecule has 1 amide bonds. The van der Waals surface area contributed by atoms with Crippen LogP contribution in [0.4, 0.5) is 0 Å². The number of carbonyl (C=O) groups is 1. The molecule has 0 spiro atoms. The molecule has 32 heavy (non-hydrogen) atoms. The molecule has 7 nitrogen and oxygen atoms in total. The second-order valence-corrected chi connectivity index (χ2v) is 9.68. The van der Waals surface area contributed by atoms with Crippen molar-refractivity contribution in [2.75, 3.05) is 7.11 Å². The van der Waals surface area contributed by atoms with Crippen molar-refractivity contribution in [2.45, 2.75) is 30.1 Å². The number of nitrogens with one attached hydrogen (secondary N) is 1. The molecule has 2 heterocycles. The summed E-state index contributed by atoms with van der Waals surface area (Å²) in [7, 11) is -2.62. The van der Waals surface area contributed by atoms with Gasteiger partial charge in [0.05, 0.1) is 28.5 Å². The Kier molecular flexibility index (Phi) is 4.63. The van der Waals surface area contributed by atoms with Crippen LogP contribution in [0.25, 0.3) is 21.8 Å². The first kappa shape index (κ1) is 20.4. The summed E-state index contributed by atoms with van der Waals surface area (Å²) in [6.45, 7) is 1.84. The molecule has 5 rings (SSSR count). The van der Waals surface area contributed by atoms with E-state index >= 15 is 0 Å². The van der Waals surface area contributed by atoms with Crippen molar-refractivity contribution in [3.8, 4) is 5.88 Å². The number of sulfonamides is 1. The molecule has 1 fully saturated rings. The molecule has 0 unspecified atom stereocenters. The van der Waals surface area contributed by atoms with E-state index < -0.39 is 21.3 Å². The number of hydrogen-bond acceptors (Lipinski definition) is 6. The maximum absolute atomic E-state index is 13.3. The highest BCUT2D eigenvalue weighted by molar-refractivity contribution is 7.90. The highest BCUT2D eigenvalue weighted by atomic mass is 32.2. The fourth-order valence-electron chi connectivity index (χ4n) is 4.08. The van der Waals surface area contributed by atoms with Crippen LogP contribution < -0.4 is 9.46 Å². The Balaban J connectivity index is 1.54. The average Bonchev–Trinajstić information content (AvgIpc) is 3.59. The Morgan fingerprint density at radius 2 is 1.75 bits per heavy atom. The van der Waals surface area contributed by atoms with Crippen molar-refractivity contribution in [1.82, 2.24) is 14.7 Å². The zero-order valence-corrected chi connectivity index (χ0v) is 18.4. The number of aryl methyl sites for hydroxylation is 1. The van der Waals surface area contributed by atoms with Crippen LogP contribution in [-0.4, -0.2) is 31.4 Å². The largest absolute Gasteiger partial charge is 0.481 e. The first-order valence-corrected chi connectivity index (χ1v) is 11.7. The minimum absolute atomic E-state index is 0.0234. The Labute approximate surface area is 185 Å². The van der Waals surface area contributed by atoms with Gasteiger partial charge in [0.1, 0.15) is 0 Å². The van der Waals surface area contributed by atoms with Crippen molar-refractivity contribution in [3.63, 3.8) is 0 Å². The van der Waals surface area contributed by atoms with Crippen molar-refractivity contribution >= 4 is 37.7 Å². The van der Waals surface area contributed by atoms with Crippen molar-refractivity contribution in [3.05, 3.63) is 71.9 Å². The van der Waals surface area contributed by atoms with Gasteiger partial charge in [-0.3, -0.25) is 9.78 Å². The minimum Gasteiger partial charge on any atom is -0.481 e. The highest BCUT2D eigenvalue weighted by Gasteiger charge is 2.54. The molecule has 0 saturated heterocycles. The quantitative estimate of drug-likeness (QED) is 0.502. The summed E-state index contributed by atoms with van der Waals surface area (Å²) in [6.07, 6.45) is 1.03. The van der Waals surface area contributed by atoms with Crippen LogP contribution >= 0.6 is 0 Å². The summed E-state index contributed by atoms with van der Waals surface area (Å²) in [5, 5.41) is 1.33. The van der Waals surface area contributed by atoms with Gasteiger partial charge in [0.25, 0.3) is 10.0 Å². The van der Waals surface area contributed by atoms with Crippen LogP contribution in [0, 0.1) is 6.92 Å². The molecule has 0 aliphatic heterocycles. The summed E-state index contributed by atoms with van der Waals surface area (Å²) < 4.78 is 34.2. The van der Waals surface area contributed by atoms with Gasteiger partial charge in [-0.05, 0) is 56.2 Å². The average molecular weight is 448 g/mol. The summed E-state index contributed by atoms with van der Waals surface area (Å²) in [5.74, 6) is -0.247. The molecule has 2 aromatic heterocycles. The number of aromatic nitrogens is 2. The number of carbonyl (C=O) groups excluding carboxylic acids is 1. The second-order valence-electron chi connectivity index (χ2n) is 8.03. The maximum atomic E-state index is 13.3. The number of amides is 1. The molecule has 1 N–H and O–H groups in total. The topological polar surface area (TPSA) is 98.2 Å². The van der Waals surface area contributed by atoms with E-state index in [2.05, 4.69) is 14.7 Å². The zero-order chi connectivity index (χ0) is 22.5. The molecule has 0 bridgehead atoms. The van der Waals surface area contributed by atoms with E-state index in [1.165, 1.54) is 13.2 Å². The van der Waals surface area contributed by atoms with Crippen LogP contribution in [0.3, 0.4) is 0 Å². The minimum atomic E-state index is -4.11. The number of para-hydroxylation sites is 1. The van der Waals surface area contributed by atoms with E-state index in [-0.39, 0.29) is 4.90 Å². The number of nitrogens with zero attached hydrogens (tertiary/aromatic N) is 2. The first-order valence-electron chi connectivity index (χ1n) is 10.2. The Bertz CT molecular complexity index is 1490. The number of hydrogen-bond donors (Lipinski definition) is 1. The van der Waals surface area contributed by atoms with Gasteiger partial charge >= 0.3 is 0 Å². The number of ether oxygens (including phenoxy) is 1. The van der Waals surface area contributed by atoms with Crippen LogP contribution in [-0.2, 0) is 20.2 Å². The summed E-state index contributed by atoms with van der Waals surface area (Å²) in [6, 6.07) is 17.7. The van der Waals surface area contributed by atoms with E-state index in [1.54, 1.807) is 24.3 Å². The van der Waals surface area contributed by atoms with Gasteiger partial charge in [-0.1, -0.05) is 24.3 Å². The lowest BCUT2D eigenvalue weighted by atomic mass is 9.95. The summed E-state index contributed by atoms with van der Waals surface area (Å²) >= 11 is 0. The van der Waals surface area contributed by atoms with Gasteiger partial charge in [-0.2, -0.15) is 0 Å². The third-order valence-electron chi connectivity index (χ3n) is 5.93. The normalized spacial score (nSPS) is 14.9. The SMILES string of the molecule is COc1nc2ccccc2cc1C1(C(=O)NS(=O)(=O)c2cccc3nc(C)ccc23)CC1. The molecule has 4 aromatic rings. The lowest BCUT2D eigenvalue weighted by molar-refractivity contribution is -0.121. The monoisotopic (exact) mass is 447 g/mol. The Morgan fingerprint density at radius 3 is 2.50 bits per heavy atom. The number of benzene rings is 2. The third kappa shape index (κ3) is 3.27. The van der Waals surface area contributed by atoms with Crippen LogP contribution in [0.5, 0.6) is 5.88 Å². The van der Waals surface area contributed by atoms with E-state index in [9.17, 15) is 13.2 Å². The summed E-state index contributed by atoms with van der Waals surface area (Å²) in [5.41, 5.74) is 1.69. The van der Waals surface area contributed by atoms with Gasteiger partial charge in [-0.25, -0.2) is 18.1 Å². The van der Waals surface area contributed by atoms with Crippen molar-refractivity contribution in [1.29, 1.82) is 0 Å². The zero-order valence-electron chi connectivity index (χ0n) is 17.6. The molecule has 0 radical (unpaired) electrons. The Hall–Kier alpha value is -3.52. The van der Waals surface area contributed by atoms with Gasteiger partial charge < -0.3 is 4.74 Å². The molecule has 0 atom stereocenters. The Morgan fingerprint density at radius 1 is 1.00 bits per heavy atom. The predicted molar refractivity (Wildman–Crippen MR) is 121 cm³/mol. The molecule has 8 heteroatoms. The second kappa shape index (κ2) is 7.27. The smallest absolute Gasteiger partial charge is 0.264 e. The standard InChI is InChI=1S/C24H21N3O4S/c1-15-10-11-17-20(25-15)8-5-9-21(17)32(29,30)27-23(28)24(12-13-24)18-14-16-6-3-4-7-19(16)26-22(18)31-2/h3-11,14H,12-13H2,1-2H3,(H,27,28). The molecule has 162 valence electrons. The van der Waals surface area contributed by atoms with Crippen LogP contribution in [0.1, 0.15) is 24.1 Å². The van der Waals surface area contributed by atoms with E-state index in [0.29, 0.717) is 35.2 Å². The molecular formula is C24H21N3O4S. The number of rotatable bonds is 5. The fraction of sp³-hybridized carbons (Fsp3) is 0.208. The first-order chi connectivity index (χ1) is 15.3. The van der Waals surface area contributed by atoms with Gasteiger partial charge in [0.15, 0.2) is 0 Å². The van der Waals surface area contributed by atoms with E-state index in [0.717, 1.165) is 16.6 Å². The lowest BCUT2D eigenvalue weighted by Crippen LogP contribution is -2.39. The predicted octanol–water partition coefficient (Wildman–Crippen LogP) is 3.64. The van der Waals surface area contributed by atoms with E-state index in [1.807, 2.05) is 37.3 Å². The molecule has 1 aliphatic carbocycles. The highest BCUT2D eigenvalue weighted by Crippen LogP contribution is 2.52. The van der Waals surface area contributed by atoms with Gasteiger partial charge in [0.2, 0.25) is 11.8 Å². The lowest BCUT2D eigenvalue weighted by Gasteiger charge is -2.19. The summed E-state index contributed by atoms with van der Waals surface area (Å²) in [4.78, 5) is 22.3. The van der Waals surface area contributed by atoms with Gasteiger partial charge in [-0.15, -0.1) is 0 Å². The van der Waals surface area contributed by atoms with Crippen LogP contribution in [0.15, 0.2) is 65.6 Å². The molecular weight excluding hydrogens is 426 g/mol. The number of fused-ring (bicyclic) bond motifs is 2. The molecule has 1 saturated carbocycles. The molecule has 1 aliphatic rings. The van der Waals surface area contributed by atoms with Crippen LogP contribution in [0.2, 0.25) is 0 Å². The fourth-order valence-corrected chi connectivity index (χ4v) is 5.35. The number of methoxy groups -OCH3 is 1. The molecule has 2 aromatic carbocycles. The van der Waals surface area contributed by atoms with E-state index in [4.69, 9.17) is 4.74 Å². The van der Waals surface area contributed by atoms with Gasteiger partial charge in [0, 0.05) is 22.0 Å². The van der Waals surface area contributed by atoms with Crippen molar-refractivity contribution < 1.29 is 17.9 Å². The number of pyridine rings is 2. The third-order valence-corrected chi connectivity index (χ3v) is 7.32. The van der Waals surface area contributed by atoms with Crippen molar-refractivity contribution in [2.24, 2.45) is 0 Å².